The van der Waals surface area contributed by atoms with Crippen LogP contribution in [0.2, 0.25) is 0 Å². The first-order valence-electron chi connectivity index (χ1n) is 7.69. The highest BCUT2D eigenvalue weighted by atomic mass is 16.5. The molecule has 0 amide bonds. The summed E-state index contributed by atoms with van der Waals surface area (Å²) >= 11 is 0. The highest BCUT2D eigenvalue weighted by molar-refractivity contribution is 5.35. The molecule has 0 bridgehead atoms. The van der Waals surface area contributed by atoms with E-state index < -0.39 is 0 Å². The Bertz CT molecular complexity index is 383. The molecular weight excluding hydrogens is 234 g/mol. The molecule has 0 unspecified atom stereocenters. The second-order valence-corrected chi connectivity index (χ2v) is 5.76. The van der Waals surface area contributed by atoms with Gasteiger partial charge in [0, 0.05) is 6.04 Å². The SMILES string of the molecule is Cc1ccc(C)c(OCCCNC2CCCCC2)c1. The topological polar surface area (TPSA) is 21.3 Å². The van der Waals surface area contributed by atoms with E-state index in [1.165, 1.54) is 43.2 Å². The average molecular weight is 261 g/mol. The molecule has 2 rings (SSSR count). The zero-order valence-corrected chi connectivity index (χ0v) is 12.4. The van der Waals surface area contributed by atoms with Crippen LogP contribution in [0, 0.1) is 13.8 Å². The van der Waals surface area contributed by atoms with Crippen molar-refractivity contribution in [1.82, 2.24) is 5.32 Å². The van der Waals surface area contributed by atoms with Gasteiger partial charge in [-0.25, -0.2) is 0 Å². The lowest BCUT2D eigenvalue weighted by Crippen LogP contribution is -2.32. The minimum atomic E-state index is 0.759. The van der Waals surface area contributed by atoms with E-state index in [1.807, 2.05) is 0 Å². The van der Waals surface area contributed by atoms with Gasteiger partial charge in [0.05, 0.1) is 6.61 Å². The number of hydrogen-bond acceptors (Lipinski definition) is 2. The van der Waals surface area contributed by atoms with Gasteiger partial charge < -0.3 is 10.1 Å². The third kappa shape index (κ3) is 4.87. The molecular formula is C17H27NO. The summed E-state index contributed by atoms with van der Waals surface area (Å²) in [7, 11) is 0. The maximum absolute atomic E-state index is 5.87. The zero-order chi connectivity index (χ0) is 13.5. The molecule has 1 fully saturated rings. The summed E-state index contributed by atoms with van der Waals surface area (Å²) in [4.78, 5) is 0. The number of nitrogens with one attached hydrogen (secondary N) is 1. The van der Waals surface area contributed by atoms with Crippen molar-refractivity contribution in [3.8, 4) is 5.75 Å². The fourth-order valence-electron chi connectivity index (χ4n) is 2.73. The number of aryl methyl sites for hydroxylation is 2. The second-order valence-electron chi connectivity index (χ2n) is 5.76. The Balaban J connectivity index is 1.62. The normalized spacial score (nSPS) is 16.5. The fraction of sp³-hybridized carbons (Fsp3) is 0.647. The predicted octanol–water partition coefficient (Wildman–Crippen LogP) is 3.99. The average Bonchev–Trinajstić information content (AvgIpc) is 2.43. The molecule has 2 heteroatoms. The highest BCUT2D eigenvalue weighted by Gasteiger charge is 2.11. The monoisotopic (exact) mass is 261 g/mol. The maximum atomic E-state index is 5.87. The molecule has 0 aliphatic heterocycles. The molecule has 1 aromatic rings. The van der Waals surface area contributed by atoms with Crippen molar-refractivity contribution >= 4 is 0 Å². The van der Waals surface area contributed by atoms with Gasteiger partial charge in [-0.1, -0.05) is 31.4 Å². The molecule has 2 nitrogen and oxygen atoms in total. The molecule has 0 radical (unpaired) electrons. The van der Waals surface area contributed by atoms with E-state index in [9.17, 15) is 0 Å². The summed E-state index contributed by atoms with van der Waals surface area (Å²) in [6.45, 7) is 6.10. The van der Waals surface area contributed by atoms with E-state index >= 15 is 0 Å². The number of benzene rings is 1. The lowest BCUT2D eigenvalue weighted by molar-refractivity contribution is 0.295. The van der Waals surface area contributed by atoms with Crippen LogP contribution in [0.1, 0.15) is 49.7 Å². The van der Waals surface area contributed by atoms with Crippen molar-refractivity contribution in [3.63, 3.8) is 0 Å². The zero-order valence-electron chi connectivity index (χ0n) is 12.4. The molecule has 1 aliphatic rings. The van der Waals surface area contributed by atoms with Crippen LogP contribution in [-0.2, 0) is 0 Å². The Morgan fingerprint density at radius 1 is 1.16 bits per heavy atom. The van der Waals surface area contributed by atoms with E-state index in [0.29, 0.717) is 0 Å². The first kappa shape index (κ1) is 14.4. The summed E-state index contributed by atoms with van der Waals surface area (Å²) in [5.41, 5.74) is 2.49. The Kier molecular flexibility index (Phi) is 5.71. The van der Waals surface area contributed by atoms with Crippen LogP contribution in [-0.4, -0.2) is 19.2 Å². The van der Waals surface area contributed by atoms with Gasteiger partial charge in [-0.05, 0) is 56.8 Å². The van der Waals surface area contributed by atoms with Crippen LogP contribution >= 0.6 is 0 Å². The lowest BCUT2D eigenvalue weighted by atomic mass is 9.95. The largest absolute Gasteiger partial charge is 0.493 e. The van der Waals surface area contributed by atoms with Crippen LogP contribution in [0.15, 0.2) is 18.2 Å². The van der Waals surface area contributed by atoms with E-state index in [2.05, 4.69) is 37.4 Å². The quantitative estimate of drug-likeness (QED) is 0.782. The molecule has 1 saturated carbocycles. The van der Waals surface area contributed by atoms with Gasteiger partial charge in [-0.15, -0.1) is 0 Å². The summed E-state index contributed by atoms with van der Waals surface area (Å²) < 4.78 is 5.87. The third-order valence-corrected chi connectivity index (χ3v) is 3.96. The van der Waals surface area contributed by atoms with Gasteiger partial charge in [0.25, 0.3) is 0 Å². The molecule has 1 aromatic carbocycles. The van der Waals surface area contributed by atoms with E-state index in [1.54, 1.807) is 0 Å². The Hall–Kier alpha value is -1.02. The van der Waals surface area contributed by atoms with Crippen molar-refractivity contribution < 1.29 is 4.74 Å². The highest BCUT2D eigenvalue weighted by Crippen LogP contribution is 2.19. The minimum Gasteiger partial charge on any atom is -0.493 e. The summed E-state index contributed by atoms with van der Waals surface area (Å²) in [5.74, 6) is 1.04. The molecule has 0 aromatic heterocycles. The van der Waals surface area contributed by atoms with E-state index in [0.717, 1.165) is 31.4 Å². The molecule has 0 spiro atoms. The molecule has 19 heavy (non-hydrogen) atoms. The van der Waals surface area contributed by atoms with Crippen molar-refractivity contribution in [2.24, 2.45) is 0 Å². The second kappa shape index (κ2) is 7.54. The van der Waals surface area contributed by atoms with Gasteiger partial charge in [-0.3, -0.25) is 0 Å². The van der Waals surface area contributed by atoms with Crippen LogP contribution in [0.4, 0.5) is 0 Å². The van der Waals surface area contributed by atoms with Crippen LogP contribution in [0.3, 0.4) is 0 Å². The molecule has 0 heterocycles. The lowest BCUT2D eigenvalue weighted by Gasteiger charge is -2.22. The Morgan fingerprint density at radius 3 is 2.74 bits per heavy atom. The molecule has 0 atom stereocenters. The fourth-order valence-corrected chi connectivity index (χ4v) is 2.73. The predicted molar refractivity (Wildman–Crippen MR) is 80.9 cm³/mol. The molecule has 106 valence electrons. The van der Waals surface area contributed by atoms with Crippen LogP contribution < -0.4 is 10.1 Å². The third-order valence-electron chi connectivity index (χ3n) is 3.96. The van der Waals surface area contributed by atoms with Gasteiger partial charge >= 0.3 is 0 Å². The molecule has 1 aliphatic carbocycles. The van der Waals surface area contributed by atoms with Gasteiger partial charge in [0.15, 0.2) is 0 Å². The van der Waals surface area contributed by atoms with Crippen LogP contribution in [0.25, 0.3) is 0 Å². The van der Waals surface area contributed by atoms with E-state index in [-0.39, 0.29) is 0 Å². The summed E-state index contributed by atoms with van der Waals surface area (Å²) in [6, 6.07) is 7.15. The molecule has 1 N–H and O–H groups in total. The van der Waals surface area contributed by atoms with E-state index in [4.69, 9.17) is 4.74 Å². The van der Waals surface area contributed by atoms with Crippen molar-refractivity contribution in [2.75, 3.05) is 13.2 Å². The Labute approximate surface area is 117 Å². The summed E-state index contributed by atoms with van der Waals surface area (Å²) in [5, 5.41) is 3.65. The van der Waals surface area contributed by atoms with Crippen molar-refractivity contribution in [2.45, 2.75) is 58.4 Å². The number of rotatable bonds is 6. The number of ether oxygens (including phenoxy) is 1. The first-order valence-corrected chi connectivity index (χ1v) is 7.69. The standard InChI is InChI=1S/C17H27NO/c1-14-9-10-15(2)17(13-14)19-12-6-11-18-16-7-4-3-5-8-16/h9-10,13,16,18H,3-8,11-12H2,1-2H3. The Morgan fingerprint density at radius 2 is 1.95 bits per heavy atom. The smallest absolute Gasteiger partial charge is 0.122 e. The first-order chi connectivity index (χ1) is 9.25. The van der Waals surface area contributed by atoms with Crippen molar-refractivity contribution in [1.29, 1.82) is 0 Å². The summed E-state index contributed by atoms with van der Waals surface area (Å²) in [6.07, 6.45) is 8.03. The van der Waals surface area contributed by atoms with Crippen LogP contribution in [0.5, 0.6) is 5.75 Å². The number of hydrogen-bond donors (Lipinski definition) is 1. The maximum Gasteiger partial charge on any atom is 0.122 e. The minimum absolute atomic E-state index is 0.759. The van der Waals surface area contributed by atoms with Gasteiger partial charge in [-0.2, -0.15) is 0 Å². The van der Waals surface area contributed by atoms with Crippen molar-refractivity contribution in [3.05, 3.63) is 29.3 Å². The molecule has 0 saturated heterocycles. The van der Waals surface area contributed by atoms with Gasteiger partial charge in [0.2, 0.25) is 0 Å². The van der Waals surface area contributed by atoms with Gasteiger partial charge in [0.1, 0.15) is 5.75 Å².